The molecule has 0 heterocycles. The van der Waals surface area contributed by atoms with Gasteiger partial charge in [0.15, 0.2) is 6.61 Å². The predicted molar refractivity (Wildman–Crippen MR) is 122 cm³/mol. The molecule has 2 amide bonds. The number of nitrogens with one attached hydrogen (secondary N) is 2. The molecule has 0 aromatic heterocycles. The number of anilines is 2. The van der Waals surface area contributed by atoms with Crippen molar-refractivity contribution < 1.29 is 19.1 Å². The topological polar surface area (TPSA) is 100 Å². The van der Waals surface area contributed by atoms with E-state index >= 15 is 0 Å². The van der Waals surface area contributed by atoms with Gasteiger partial charge in [-0.25, -0.2) is 0 Å². The fourth-order valence-electron chi connectivity index (χ4n) is 2.75. The minimum atomic E-state index is -0.510. The Morgan fingerprint density at radius 3 is 2.31 bits per heavy atom. The van der Waals surface area contributed by atoms with Crippen LogP contribution < -0.4 is 20.1 Å². The molecule has 3 aromatic carbocycles. The average molecular weight is 427 g/mol. The van der Waals surface area contributed by atoms with Gasteiger partial charge in [-0.1, -0.05) is 30.3 Å². The van der Waals surface area contributed by atoms with Gasteiger partial charge in [0.1, 0.15) is 23.1 Å². The van der Waals surface area contributed by atoms with Gasteiger partial charge in [0.2, 0.25) is 0 Å². The van der Waals surface area contributed by atoms with E-state index in [9.17, 15) is 14.9 Å². The van der Waals surface area contributed by atoms with Gasteiger partial charge in [-0.2, -0.15) is 5.26 Å². The fraction of sp³-hybridized carbons (Fsp3) is 0.0800. The van der Waals surface area contributed by atoms with Gasteiger partial charge in [-0.15, -0.1) is 0 Å². The summed E-state index contributed by atoms with van der Waals surface area (Å²) in [5, 5.41) is 14.8. The molecule has 0 radical (unpaired) electrons. The molecular weight excluding hydrogens is 406 g/mol. The second kappa shape index (κ2) is 11.0. The number of methoxy groups -OCH3 is 1. The van der Waals surface area contributed by atoms with Gasteiger partial charge < -0.3 is 20.1 Å². The lowest BCUT2D eigenvalue weighted by molar-refractivity contribution is -0.118. The molecule has 0 saturated heterocycles. The molecule has 0 unspecified atom stereocenters. The Kier molecular flexibility index (Phi) is 7.60. The Bertz CT molecular complexity index is 1150. The van der Waals surface area contributed by atoms with Crippen LogP contribution in [-0.4, -0.2) is 25.5 Å². The van der Waals surface area contributed by atoms with Crippen LogP contribution >= 0.6 is 0 Å². The van der Waals surface area contributed by atoms with Gasteiger partial charge >= 0.3 is 0 Å². The van der Waals surface area contributed by atoms with Gasteiger partial charge in [-0.3, -0.25) is 9.59 Å². The summed E-state index contributed by atoms with van der Waals surface area (Å²) >= 11 is 0. The summed E-state index contributed by atoms with van der Waals surface area (Å²) in [6.07, 6.45) is 1.46. The largest absolute Gasteiger partial charge is 0.497 e. The minimum Gasteiger partial charge on any atom is -0.497 e. The first-order chi connectivity index (χ1) is 15.6. The second-order valence-corrected chi connectivity index (χ2v) is 6.63. The fourth-order valence-corrected chi connectivity index (χ4v) is 2.75. The molecule has 0 saturated carbocycles. The number of benzene rings is 3. The third kappa shape index (κ3) is 6.47. The zero-order valence-corrected chi connectivity index (χ0v) is 17.4. The smallest absolute Gasteiger partial charge is 0.266 e. The van der Waals surface area contributed by atoms with E-state index < -0.39 is 5.91 Å². The van der Waals surface area contributed by atoms with Crippen LogP contribution in [0.3, 0.4) is 0 Å². The van der Waals surface area contributed by atoms with E-state index in [0.717, 1.165) is 0 Å². The first kappa shape index (κ1) is 22.1. The summed E-state index contributed by atoms with van der Waals surface area (Å²) in [7, 11) is 1.57. The number of nitrogens with zero attached hydrogens (tertiary/aromatic N) is 1. The Balaban J connectivity index is 1.60. The lowest BCUT2D eigenvalue weighted by atomic mass is 10.1. The standard InChI is InChI=1S/C25H21N3O4/c1-31-22-12-10-21(11-13-22)27-24(29)17-32-23-9-5-6-18(15-23)14-19(16-26)25(30)28-20-7-3-2-4-8-20/h2-15H,17H2,1H3,(H,27,29)(H,28,30). The summed E-state index contributed by atoms with van der Waals surface area (Å²) in [6.45, 7) is -0.196. The maximum Gasteiger partial charge on any atom is 0.266 e. The number of carbonyl (C=O) groups is 2. The van der Waals surface area contributed by atoms with Crippen molar-refractivity contribution >= 4 is 29.3 Å². The molecule has 32 heavy (non-hydrogen) atoms. The van der Waals surface area contributed by atoms with Crippen LogP contribution in [-0.2, 0) is 9.59 Å². The van der Waals surface area contributed by atoms with Crippen LogP contribution in [0.5, 0.6) is 11.5 Å². The molecule has 3 rings (SSSR count). The molecule has 7 heteroatoms. The third-order valence-electron chi connectivity index (χ3n) is 4.31. The molecule has 0 spiro atoms. The lowest BCUT2D eigenvalue weighted by Crippen LogP contribution is -2.20. The highest BCUT2D eigenvalue weighted by Crippen LogP contribution is 2.18. The Labute approximate surface area is 185 Å². The normalized spacial score (nSPS) is 10.6. The lowest BCUT2D eigenvalue weighted by Gasteiger charge is -2.09. The van der Waals surface area contributed by atoms with E-state index in [0.29, 0.717) is 28.4 Å². The van der Waals surface area contributed by atoms with Crippen LogP contribution in [0, 0.1) is 11.3 Å². The second-order valence-electron chi connectivity index (χ2n) is 6.63. The summed E-state index contributed by atoms with van der Waals surface area (Å²) < 4.78 is 10.6. The highest BCUT2D eigenvalue weighted by atomic mass is 16.5. The number of ether oxygens (including phenoxy) is 2. The highest BCUT2D eigenvalue weighted by molar-refractivity contribution is 6.09. The van der Waals surface area contributed by atoms with E-state index in [1.54, 1.807) is 79.9 Å². The van der Waals surface area contributed by atoms with Gasteiger partial charge in [0.05, 0.1) is 7.11 Å². The number of nitriles is 1. The van der Waals surface area contributed by atoms with Gasteiger partial charge in [-0.05, 0) is 60.2 Å². The number of hydrogen-bond acceptors (Lipinski definition) is 5. The molecule has 7 nitrogen and oxygen atoms in total. The maximum atomic E-state index is 12.4. The van der Waals surface area contributed by atoms with E-state index in [-0.39, 0.29) is 18.1 Å². The molecule has 0 atom stereocenters. The monoisotopic (exact) mass is 427 g/mol. The molecule has 0 aliphatic heterocycles. The zero-order chi connectivity index (χ0) is 22.8. The van der Waals surface area contributed by atoms with Crippen molar-refractivity contribution in [2.24, 2.45) is 0 Å². The third-order valence-corrected chi connectivity index (χ3v) is 4.31. The van der Waals surface area contributed by atoms with Crippen molar-refractivity contribution in [1.82, 2.24) is 0 Å². The average Bonchev–Trinajstić information content (AvgIpc) is 2.82. The van der Waals surface area contributed by atoms with Crippen LogP contribution in [0.2, 0.25) is 0 Å². The molecular formula is C25H21N3O4. The first-order valence-corrected chi connectivity index (χ1v) is 9.72. The molecule has 2 N–H and O–H groups in total. The molecule has 0 bridgehead atoms. The van der Waals surface area contributed by atoms with E-state index in [4.69, 9.17) is 9.47 Å². The minimum absolute atomic E-state index is 0.0525. The van der Waals surface area contributed by atoms with Crippen LogP contribution in [0.4, 0.5) is 11.4 Å². The Morgan fingerprint density at radius 2 is 1.62 bits per heavy atom. The molecule has 160 valence electrons. The van der Waals surface area contributed by atoms with Crippen molar-refractivity contribution in [3.63, 3.8) is 0 Å². The maximum absolute atomic E-state index is 12.4. The molecule has 0 aliphatic rings. The zero-order valence-electron chi connectivity index (χ0n) is 17.4. The highest BCUT2D eigenvalue weighted by Gasteiger charge is 2.10. The SMILES string of the molecule is COc1ccc(NC(=O)COc2cccc(C=C(C#N)C(=O)Nc3ccccc3)c2)cc1. The van der Waals surface area contributed by atoms with Crippen molar-refractivity contribution in [3.8, 4) is 17.6 Å². The number of para-hydroxylation sites is 1. The number of amides is 2. The van der Waals surface area contributed by atoms with E-state index in [1.165, 1.54) is 6.08 Å². The van der Waals surface area contributed by atoms with Crippen LogP contribution in [0.1, 0.15) is 5.56 Å². The van der Waals surface area contributed by atoms with Crippen LogP contribution in [0.15, 0.2) is 84.4 Å². The summed E-state index contributed by atoms with van der Waals surface area (Å²) in [6, 6.07) is 24.5. The molecule has 0 aliphatic carbocycles. The summed E-state index contributed by atoms with van der Waals surface area (Å²) in [4.78, 5) is 24.5. The van der Waals surface area contributed by atoms with Gasteiger partial charge in [0, 0.05) is 11.4 Å². The number of hydrogen-bond donors (Lipinski definition) is 2. The van der Waals surface area contributed by atoms with Crippen molar-refractivity contribution in [1.29, 1.82) is 5.26 Å². The molecule has 0 fully saturated rings. The summed E-state index contributed by atoms with van der Waals surface area (Å²) in [5.41, 5.74) is 1.76. The quantitative estimate of drug-likeness (QED) is 0.413. The first-order valence-electron chi connectivity index (χ1n) is 9.72. The Hall–Kier alpha value is -4.57. The Morgan fingerprint density at radius 1 is 0.906 bits per heavy atom. The van der Waals surface area contributed by atoms with Crippen molar-refractivity contribution in [2.45, 2.75) is 0 Å². The van der Waals surface area contributed by atoms with Crippen molar-refractivity contribution in [3.05, 3.63) is 90.0 Å². The molecule has 3 aromatic rings. The summed E-state index contributed by atoms with van der Waals surface area (Å²) in [5.74, 6) is 0.294. The number of carbonyl (C=O) groups excluding carboxylic acids is 2. The van der Waals surface area contributed by atoms with E-state index in [1.807, 2.05) is 12.1 Å². The van der Waals surface area contributed by atoms with Crippen LogP contribution in [0.25, 0.3) is 6.08 Å². The van der Waals surface area contributed by atoms with Gasteiger partial charge in [0.25, 0.3) is 11.8 Å². The van der Waals surface area contributed by atoms with E-state index in [2.05, 4.69) is 10.6 Å². The number of rotatable bonds is 8. The predicted octanol–water partition coefficient (Wildman–Crippen LogP) is 4.26. The van der Waals surface area contributed by atoms with Crippen molar-refractivity contribution in [2.75, 3.05) is 24.4 Å².